The normalized spacial score (nSPS) is 14.0. The first-order valence-corrected chi connectivity index (χ1v) is 4.54. The van der Waals surface area contributed by atoms with Crippen molar-refractivity contribution in [2.45, 2.75) is 6.18 Å². The molecule has 2 nitrogen and oxygen atoms in total. The molecule has 0 unspecified atom stereocenters. The Bertz CT molecular complexity index is 412. The summed E-state index contributed by atoms with van der Waals surface area (Å²) >= 11 is 5.19. The summed E-state index contributed by atoms with van der Waals surface area (Å²) in [5, 5.41) is 9.58. The average molecular weight is 250 g/mol. The summed E-state index contributed by atoms with van der Waals surface area (Å²) in [5.41, 5.74) is -0.153. The number of hydrogen-bond acceptors (Lipinski definition) is 2. The average Bonchev–Trinajstić information content (AvgIpc) is 2.25. The first kappa shape index (κ1) is 12.6. The molecule has 1 aromatic carbocycles. The fraction of sp³-hybridized carbons (Fsp3) is 0.100. The lowest BCUT2D eigenvalue weighted by molar-refractivity contribution is -0.0838. The highest BCUT2D eigenvalue weighted by atomic mass is 35.5. The molecular weight excluding hydrogens is 243 g/mol. The quantitative estimate of drug-likeness (QED) is 0.484. The molecule has 1 aromatic rings. The van der Waals surface area contributed by atoms with Crippen molar-refractivity contribution >= 4 is 23.4 Å². The van der Waals surface area contributed by atoms with Crippen molar-refractivity contribution in [3.63, 3.8) is 0 Å². The first-order chi connectivity index (χ1) is 7.46. The van der Waals surface area contributed by atoms with Crippen LogP contribution in [0, 0.1) is 0 Å². The number of alkyl halides is 3. The summed E-state index contributed by atoms with van der Waals surface area (Å²) in [6.07, 6.45) is -4.01. The minimum absolute atomic E-state index is 0.225. The van der Waals surface area contributed by atoms with Crippen LogP contribution in [0.25, 0.3) is 5.57 Å². The van der Waals surface area contributed by atoms with E-state index in [0.717, 1.165) is 0 Å². The Kier molecular flexibility index (Phi) is 3.95. The SMILES string of the molecule is O/N=C/C(=C(\Cl)C(F)(F)F)c1ccccc1. The molecule has 0 fully saturated rings. The molecule has 0 aliphatic heterocycles. The van der Waals surface area contributed by atoms with Crippen LogP contribution in [0.15, 0.2) is 40.5 Å². The molecule has 0 bridgehead atoms. The van der Waals surface area contributed by atoms with E-state index in [1.165, 1.54) is 12.1 Å². The number of benzene rings is 1. The number of rotatable bonds is 2. The van der Waals surface area contributed by atoms with Crippen molar-refractivity contribution < 1.29 is 18.4 Å². The molecule has 0 amide bonds. The van der Waals surface area contributed by atoms with E-state index in [1.54, 1.807) is 18.2 Å². The maximum Gasteiger partial charge on any atom is 0.427 e. The zero-order chi connectivity index (χ0) is 12.2. The Morgan fingerprint density at radius 1 is 1.25 bits per heavy atom. The largest absolute Gasteiger partial charge is 0.427 e. The minimum Gasteiger partial charge on any atom is -0.411 e. The highest BCUT2D eigenvalue weighted by Gasteiger charge is 2.35. The van der Waals surface area contributed by atoms with Gasteiger partial charge in [0.05, 0.1) is 6.21 Å². The fourth-order valence-corrected chi connectivity index (χ4v) is 1.24. The van der Waals surface area contributed by atoms with Gasteiger partial charge in [-0.2, -0.15) is 13.2 Å². The first-order valence-electron chi connectivity index (χ1n) is 4.16. The van der Waals surface area contributed by atoms with Gasteiger partial charge in [-0.25, -0.2) is 0 Å². The number of nitrogens with zero attached hydrogens (tertiary/aromatic N) is 1. The molecule has 0 aliphatic carbocycles. The van der Waals surface area contributed by atoms with E-state index in [1.807, 2.05) is 0 Å². The smallest absolute Gasteiger partial charge is 0.411 e. The van der Waals surface area contributed by atoms with Crippen LogP contribution in [-0.2, 0) is 0 Å². The third kappa shape index (κ3) is 3.00. The summed E-state index contributed by atoms with van der Waals surface area (Å²) in [6.45, 7) is 0. The maximum absolute atomic E-state index is 12.4. The molecule has 0 heterocycles. The number of halogens is 4. The van der Waals surface area contributed by atoms with Gasteiger partial charge in [0.25, 0.3) is 0 Å². The van der Waals surface area contributed by atoms with Gasteiger partial charge in [-0.05, 0) is 5.56 Å². The van der Waals surface area contributed by atoms with E-state index in [-0.39, 0.29) is 11.1 Å². The maximum atomic E-state index is 12.4. The van der Waals surface area contributed by atoms with Gasteiger partial charge in [-0.1, -0.05) is 47.1 Å². The topological polar surface area (TPSA) is 32.6 Å². The molecule has 0 spiro atoms. The molecular formula is C10H7ClF3NO. The fourth-order valence-electron chi connectivity index (χ4n) is 1.09. The molecule has 0 atom stereocenters. The van der Waals surface area contributed by atoms with Gasteiger partial charge in [0.2, 0.25) is 0 Å². The van der Waals surface area contributed by atoms with Gasteiger partial charge in [0.15, 0.2) is 0 Å². The van der Waals surface area contributed by atoms with Gasteiger partial charge < -0.3 is 5.21 Å². The standard InChI is InChI=1S/C10H7ClF3NO/c11-9(10(12,13)14)8(6-15-16)7-4-2-1-3-5-7/h1-6,16H/b9-8+,15-6+. The summed E-state index contributed by atoms with van der Waals surface area (Å²) < 4.78 is 37.1. The van der Waals surface area contributed by atoms with Gasteiger partial charge in [0, 0.05) is 5.57 Å². The van der Waals surface area contributed by atoms with Gasteiger partial charge in [-0.15, -0.1) is 0 Å². The van der Waals surface area contributed by atoms with Crippen molar-refractivity contribution in [3.8, 4) is 0 Å². The van der Waals surface area contributed by atoms with Crippen LogP contribution in [-0.4, -0.2) is 17.6 Å². The van der Waals surface area contributed by atoms with Gasteiger partial charge in [0.1, 0.15) is 5.03 Å². The summed E-state index contributed by atoms with van der Waals surface area (Å²) in [7, 11) is 0. The molecule has 86 valence electrons. The Balaban J connectivity index is 3.31. The second kappa shape index (κ2) is 5.03. The Labute approximate surface area is 94.6 Å². The summed E-state index contributed by atoms with van der Waals surface area (Å²) in [5.74, 6) is 0. The monoisotopic (exact) mass is 249 g/mol. The number of oxime groups is 1. The predicted molar refractivity (Wildman–Crippen MR) is 55.5 cm³/mol. The summed E-state index contributed by atoms with van der Waals surface area (Å²) in [6, 6.07) is 7.64. The highest BCUT2D eigenvalue weighted by Crippen LogP contribution is 2.34. The van der Waals surface area contributed by atoms with Crippen LogP contribution in [0.4, 0.5) is 13.2 Å². The van der Waals surface area contributed by atoms with Crippen LogP contribution in [0.5, 0.6) is 0 Å². The van der Waals surface area contributed by atoms with Crippen LogP contribution in [0.1, 0.15) is 5.56 Å². The van der Waals surface area contributed by atoms with Crippen LogP contribution in [0.2, 0.25) is 0 Å². The summed E-state index contributed by atoms with van der Waals surface area (Å²) in [4.78, 5) is 0. The van der Waals surface area contributed by atoms with E-state index in [2.05, 4.69) is 5.16 Å². The lowest BCUT2D eigenvalue weighted by atomic mass is 10.1. The van der Waals surface area contributed by atoms with E-state index in [4.69, 9.17) is 16.8 Å². The third-order valence-electron chi connectivity index (χ3n) is 1.76. The number of hydrogen-bond donors (Lipinski definition) is 1. The Hall–Kier alpha value is -1.49. The zero-order valence-electron chi connectivity index (χ0n) is 7.87. The van der Waals surface area contributed by atoms with E-state index >= 15 is 0 Å². The second-order valence-corrected chi connectivity index (χ2v) is 3.21. The number of allylic oxidation sites excluding steroid dienone is 2. The second-order valence-electron chi connectivity index (χ2n) is 2.84. The van der Waals surface area contributed by atoms with Crippen LogP contribution in [0.3, 0.4) is 0 Å². The van der Waals surface area contributed by atoms with E-state index in [0.29, 0.717) is 6.21 Å². The van der Waals surface area contributed by atoms with Crippen molar-refractivity contribution in [1.82, 2.24) is 0 Å². The van der Waals surface area contributed by atoms with Crippen molar-refractivity contribution in [3.05, 3.63) is 40.9 Å². The van der Waals surface area contributed by atoms with Crippen molar-refractivity contribution in [2.24, 2.45) is 5.16 Å². The molecule has 1 N–H and O–H groups in total. The molecule has 0 aromatic heterocycles. The minimum atomic E-state index is -4.67. The third-order valence-corrected chi connectivity index (χ3v) is 2.17. The lowest BCUT2D eigenvalue weighted by Gasteiger charge is -2.09. The van der Waals surface area contributed by atoms with E-state index in [9.17, 15) is 13.2 Å². The van der Waals surface area contributed by atoms with E-state index < -0.39 is 11.2 Å². The van der Waals surface area contributed by atoms with Gasteiger partial charge >= 0.3 is 6.18 Å². The predicted octanol–water partition coefficient (Wildman–Crippen LogP) is 3.66. The van der Waals surface area contributed by atoms with Crippen LogP contribution < -0.4 is 0 Å². The van der Waals surface area contributed by atoms with Crippen molar-refractivity contribution in [1.29, 1.82) is 0 Å². The molecule has 6 heteroatoms. The Morgan fingerprint density at radius 2 is 1.81 bits per heavy atom. The van der Waals surface area contributed by atoms with Gasteiger partial charge in [-0.3, -0.25) is 0 Å². The highest BCUT2D eigenvalue weighted by molar-refractivity contribution is 6.37. The molecule has 0 aliphatic rings. The van der Waals surface area contributed by atoms with Crippen molar-refractivity contribution in [2.75, 3.05) is 0 Å². The van der Waals surface area contributed by atoms with Crippen LogP contribution >= 0.6 is 11.6 Å². The molecule has 0 saturated heterocycles. The Morgan fingerprint density at radius 3 is 2.25 bits per heavy atom. The lowest BCUT2D eigenvalue weighted by Crippen LogP contribution is -2.10. The molecule has 1 rings (SSSR count). The molecule has 0 saturated carbocycles. The zero-order valence-corrected chi connectivity index (χ0v) is 8.63. The molecule has 16 heavy (non-hydrogen) atoms. The molecule has 0 radical (unpaired) electrons.